The lowest BCUT2D eigenvalue weighted by Crippen LogP contribution is -2.40. The first-order valence-electron chi connectivity index (χ1n) is 9.25. The van der Waals surface area contributed by atoms with Gasteiger partial charge < -0.3 is 14.8 Å². The van der Waals surface area contributed by atoms with Gasteiger partial charge in [-0.15, -0.1) is 0 Å². The smallest absolute Gasteiger partial charge is 0.107 e. The quantitative estimate of drug-likeness (QED) is 0.922. The highest BCUT2D eigenvalue weighted by Crippen LogP contribution is 2.21. The molecule has 2 saturated heterocycles. The maximum atomic E-state index is 4.76. The summed E-state index contributed by atoms with van der Waals surface area (Å²) in [5.74, 6) is 1.92. The monoisotopic (exact) mass is 312 g/mol. The van der Waals surface area contributed by atoms with Crippen LogP contribution in [0.4, 0.5) is 0 Å². The van der Waals surface area contributed by atoms with Gasteiger partial charge >= 0.3 is 0 Å². The Kier molecular flexibility index (Phi) is 4.62. The third-order valence-electron chi connectivity index (χ3n) is 5.45. The van der Waals surface area contributed by atoms with Crippen molar-refractivity contribution in [3.63, 3.8) is 0 Å². The third-order valence-corrected chi connectivity index (χ3v) is 5.45. The van der Waals surface area contributed by atoms with E-state index < -0.39 is 0 Å². The summed E-state index contributed by atoms with van der Waals surface area (Å²) < 4.78 is 0. The highest BCUT2D eigenvalue weighted by molar-refractivity contribution is 5.74. The van der Waals surface area contributed by atoms with Gasteiger partial charge in [0, 0.05) is 26.1 Å². The van der Waals surface area contributed by atoms with Crippen LogP contribution in [0.1, 0.15) is 31.5 Å². The van der Waals surface area contributed by atoms with Gasteiger partial charge in [-0.05, 0) is 63.4 Å². The number of aromatic amines is 1. The van der Waals surface area contributed by atoms with Crippen molar-refractivity contribution in [2.75, 3.05) is 39.3 Å². The number of hydrogen-bond donors (Lipinski definition) is 1. The van der Waals surface area contributed by atoms with E-state index in [2.05, 4.69) is 39.0 Å². The van der Waals surface area contributed by atoms with E-state index >= 15 is 0 Å². The zero-order valence-electron chi connectivity index (χ0n) is 14.0. The molecule has 1 aromatic heterocycles. The van der Waals surface area contributed by atoms with Crippen LogP contribution in [-0.4, -0.2) is 59.0 Å². The molecule has 2 fully saturated rings. The molecule has 1 unspecified atom stereocenters. The summed E-state index contributed by atoms with van der Waals surface area (Å²) in [5.41, 5.74) is 2.27. The van der Waals surface area contributed by atoms with E-state index in [1.54, 1.807) is 0 Å². The summed E-state index contributed by atoms with van der Waals surface area (Å²) in [5, 5.41) is 0. The number of likely N-dealkylation sites (tertiary alicyclic amines) is 2. The van der Waals surface area contributed by atoms with Crippen LogP contribution in [0.2, 0.25) is 0 Å². The molecule has 3 heterocycles. The lowest BCUT2D eigenvalue weighted by Gasteiger charge is -2.33. The first-order valence-corrected chi connectivity index (χ1v) is 9.25. The molecule has 1 aromatic carbocycles. The SMILES string of the molecule is c1ccc2[nH]c(CC3CCCN(CCN4CCCC4)C3)nc2c1. The first kappa shape index (κ1) is 15.2. The molecule has 0 amide bonds. The van der Waals surface area contributed by atoms with E-state index in [0.717, 1.165) is 23.7 Å². The molecular weight excluding hydrogens is 284 g/mol. The molecule has 124 valence electrons. The summed E-state index contributed by atoms with van der Waals surface area (Å²) in [6.07, 6.45) is 6.57. The molecule has 2 aromatic rings. The summed E-state index contributed by atoms with van der Waals surface area (Å²) in [4.78, 5) is 13.6. The number of fused-ring (bicyclic) bond motifs is 1. The molecule has 2 aliphatic heterocycles. The van der Waals surface area contributed by atoms with Gasteiger partial charge in [0.15, 0.2) is 0 Å². The summed E-state index contributed by atoms with van der Waals surface area (Å²) >= 11 is 0. The summed E-state index contributed by atoms with van der Waals surface area (Å²) in [7, 11) is 0. The van der Waals surface area contributed by atoms with Gasteiger partial charge in [0.2, 0.25) is 0 Å². The normalized spacial score (nSPS) is 23.7. The minimum absolute atomic E-state index is 0.753. The standard InChI is InChI=1S/C19H28N4/c1-2-8-18-17(7-1)20-19(21-18)14-16-6-5-11-23(15-16)13-12-22-9-3-4-10-22/h1-2,7-8,16H,3-6,9-15H2,(H,20,21). The van der Waals surface area contributed by atoms with Crippen molar-refractivity contribution in [1.82, 2.24) is 19.8 Å². The topological polar surface area (TPSA) is 35.2 Å². The van der Waals surface area contributed by atoms with Gasteiger partial charge in [0.05, 0.1) is 11.0 Å². The number of para-hydroxylation sites is 2. The van der Waals surface area contributed by atoms with Crippen LogP contribution in [-0.2, 0) is 6.42 Å². The van der Waals surface area contributed by atoms with Crippen LogP contribution in [0.3, 0.4) is 0 Å². The molecule has 4 rings (SSSR count). The summed E-state index contributed by atoms with van der Waals surface area (Å²) in [6.45, 7) is 7.66. The maximum absolute atomic E-state index is 4.76. The molecule has 4 nitrogen and oxygen atoms in total. The fourth-order valence-corrected chi connectivity index (χ4v) is 4.19. The minimum Gasteiger partial charge on any atom is -0.342 e. The van der Waals surface area contributed by atoms with Gasteiger partial charge in [-0.2, -0.15) is 0 Å². The van der Waals surface area contributed by atoms with E-state index in [-0.39, 0.29) is 0 Å². The molecule has 23 heavy (non-hydrogen) atoms. The minimum atomic E-state index is 0.753. The van der Waals surface area contributed by atoms with Crippen LogP contribution >= 0.6 is 0 Å². The highest BCUT2D eigenvalue weighted by atomic mass is 15.2. The van der Waals surface area contributed by atoms with Gasteiger partial charge in [-0.3, -0.25) is 0 Å². The largest absolute Gasteiger partial charge is 0.342 e. The molecule has 4 heteroatoms. The summed E-state index contributed by atoms with van der Waals surface area (Å²) in [6, 6.07) is 8.35. The lowest BCUT2D eigenvalue weighted by atomic mass is 9.94. The predicted molar refractivity (Wildman–Crippen MR) is 94.6 cm³/mol. The van der Waals surface area contributed by atoms with Crippen LogP contribution in [0.5, 0.6) is 0 Å². The Morgan fingerprint density at radius 2 is 1.78 bits per heavy atom. The van der Waals surface area contributed by atoms with Crippen molar-refractivity contribution in [1.29, 1.82) is 0 Å². The van der Waals surface area contributed by atoms with Crippen LogP contribution in [0.15, 0.2) is 24.3 Å². The molecule has 0 bridgehead atoms. The van der Waals surface area contributed by atoms with Gasteiger partial charge in [0.1, 0.15) is 5.82 Å². The third kappa shape index (κ3) is 3.75. The lowest BCUT2D eigenvalue weighted by molar-refractivity contribution is 0.154. The fourth-order valence-electron chi connectivity index (χ4n) is 4.19. The second-order valence-corrected chi connectivity index (χ2v) is 7.26. The molecule has 0 aliphatic carbocycles. The Morgan fingerprint density at radius 3 is 2.65 bits per heavy atom. The Bertz CT molecular complexity index is 596. The Labute approximate surface area is 138 Å². The molecule has 0 saturated carbocycles. The number of nitrogens with zero attached hydrogens (tertiary/aromatic N) is 3. The van der Waals surface area contributed by atoms with Crippen LogP contribution in [0, 0.1) is 5.92 Å². The second kappa shape index (κ2) is 7.02. The molecule has 0 radical (unpaired) electrons. The maximum Gasteiger partial charge on any atom is 0.107 e. The average Bonchev–Trinajstić information content (AvgIpc) is 3.22. The number of imidazole rings is 1. The number of aromatic nitrogens is 2. The fraction of sp³-hybridized carbons (Fsp3) is 0.632. The number of piperidine rings is 1. The van der Waals surface area contributed by atoms with Crippen molar-refractivity contribution < 1.29 is 0 Å². The number of hydrogen-bond acceptors (Lipinski definition) is 3. The van der Waals surface area contributed by atoms with Crippen molar-refractivity contribution in [2.24, 2.45) is 5.92 Å². The number of rotatable bonds is 5. The zero-order chi connectivity index (χ0) is 15.5. The van der Waals surface area contributed by atoms with E-state index in [1.807, 2.05) is 0 Å². The predicted octanol–water partition coefficient (Wildman–Crippen LogP) is 2.91. The molecule has 0 spiro atoms. The van der Waals surface area contributed by atoms with Crippen molar-refractivity contribution in [3.8, 4) is 0 Å². The Morgan fingerprint density at radius 1 is 1.00 bits per heavy atom. The second-order valence-electron chi connectivity index (χ2n) is 7.26. The van der Waals surface area contributed by atoms with Crippen molar-refractivity contribution in [2.45, 2.75) is 32.1 Å². The van der Waals surface area contributed by atoms with E-state index in [9.17, 15) is 0 Å². The van der Waals surface area contributed by atoms with Crippen LogP contribution in [0.25, 0.3) is 11.0 Å². The Balaban J connectivity index is 1.31. The van der Waals surface area contributed by atoms with E-state index in [0.29, 0.717) is 0 Å². The van der Waals surface area contributed by atoms with Crippen molar-refractivity contribution in [3.05, 3.63) is 30.1 Å². The van der Waals surface area contributed by atoms with Gasteiger partial charge in [0.25, 0.3) is 0 Å². The van der Waals surface area contributed by atoms with Gasteiger partial charge in [-0.25, -0.2) is 4.98 Å². The number of nitrogens with one attached hydrogen (secondary N) is 1. The van der Waals surface area contributed by atoms with E-state index in [1.165, 1.54) is 70.5 Å². The molecule has 1 atom stereocenters. The number of H-pyrrole nitrogens is 1. The zero-order valence-corrected chi connectivity index (χ0v) is 14.0. The molecular formula is C19H28N4. The van der Waals surface area contributed by atoms with Crippen molar-refractivity contribution >= 4 is 11.0 Å². The Hall–Kier alpha value is -1.39. The average molecular weight is 312 g/mol. The highest BCUT2D eigenvalue weighted by Gasteiger charge is 2.22. The van der Waals surface area contributed by atoms with Crippen LogP contribution < -0.4 is 0 Å². The van der Waals surface area contributed by atoms with E-state index in [4.69, 9.17) is 4.98 Å². The first-order chi connectivity index (χ1) is 11.4. The molecule has 1 N–H and O–H groups in total. The van der Waals surface area contributed by atoms with Gasteiger partial charge in [-0.1, -0.05) is 12.1 Å². The number of benzene rings is 1. The molecule has 2 aliphatic rings.